The molecule has 0 aliphatic carbocycles. The summed E-state index contributed by atoms with van der Waals surface area (Å²) in [4.78, 5) is 0.114. The van der Waals surface area contributed by atoms with Gasteiger partial charge in [0.2, 0.25) is 10.0 Å². The first-order chi connectivity index (χ1) is 12.5. The Morgan fingerprint density at radius 2 is 1.77 bits per heavy atom. The number of aliphatic hydroxyl groups is 1. The number of rotatable bonds is 6. The molecule has 26 heavy (non-hydrogen) atoms. The summed E-state index contributed by atoms with van der Waals surface area (Å²) in [5.41, 5.74) is 0.758. The Kier molecular flexibility index (Phi) is 5.80. The van der Waals surface area contributed by atoms with Crippen LogP contribution in [0.5, 0.6) is 11.5 Å². The number of hydrogen-bond donors (Lipinski definition) is 2. The van der Waals surface area contributed by atoms with Crippen molar-refractivity contribution >= 4 is 10.0 Å². The van der Waals surface area contributed by atoms with Gasteiger partial charge < -0.3 is 14.6 Å². The predicted molar refractivity (Wildman–Crippen MR) is 97.9 cm³/mol. The third kappa shape index (κ3) is 4.55. The van der Waals surface area contributed by atoms with E-state index < -0.39 is 22.2 Å². The van der Waals surface area contributed by atoms with Crippen molar-refractivity contribution in [2.45, 2.75) is 36.8 Å². The number of sulfonamides is 1. The fourth-order valence-electron chi connectivity index (χ4n) is 2.84. The van der Waals surface area contributed by atoms with E-state index in [1.165, 1.54) is 12.1 Å². The van der Waals surface area contributed by atoms with Gasteiger partial charge in [0, 0.05) is 18.5 Å². The Hall–Kier alpha value is -2.09. The van der Waals surface area contributed by atoms with Crippen LogP contribution >= 0.6 is 0 Å². The van der Waals surface area contributed by atoms with Crippen molar-refractivity contribution in [3.63, 3.8) is 0 Å². The summed E-state index contributed by atoms with van der Waals surface area (Å²) in [6, 6.07) is 13.3. The lowest BCUT2D eigenvalue weighted by molar-refractivity contribution is 0.158. The molecule has 2 aromatic rings. The van der Waals surface area contributed by atoms with Gasteiger partial charge in [-0.3, -0.25) is 0 Å². The quantitative estimate of drug-likeness (QED) is 0.808. The molecule has 0 fully saturated rings. The molecule has 1 aliphatic heterocycles. The molecule has 2 aromatic carbocycles. The maximum absolute atomic E-state index is 12.6. The summed E-state index contributed by atoms with van der Waals surface area (Å²) in [7, 11) is -3.73. The summed E-state index contributed by atoms with van der Waals surface area (Å²) < 4.78 is 39.0. The zero-order valence-electron chi connectivity index (χ0n) is 14.6. The predicted octanol–water partition coefficient (Wildman–Crippen LogP) is 2.64. The summed E-state index contributed by atoms with van der Waals surface area (Å²) >= 11 is 0. The van der Waals surface area contributed by atoms with E-state index in [9.17, 15) is 13.5 Å². The van der Waals surface area contributed by atoms with Crippen molar-refractivity contribution in [1.82, 2.24) is 4.72 Å². The lowest BCUT2D eigenvalue weighted by Crippen LogP contribution is -2.33. The fourth-order valence-corrected chi connectivity index (χ4v) is 4.11. The van der Waals surface area contributed by atoms with Gasteiger partial charge in [-0.25, -0.2) is 13.1 Å². The van der Waals surface area contributed by atoms with Crippen LogP contribution in [0.15, 0.2) is 53.4 Å². The molecule has 0 saturated heterocycles. The number of hydrogen-bond acceptors (Lipinski definition) is 5. The van der Waals surface area contributed by atoms with Gasteiger partial charge in [-0.1, -0.05) is 30.3 Å². The van der Waals surface area contributed by atoms with Crippen LogP contribution in [0.3, 0.4) is 0 Å². The Balaban J connectivity index is 1.69. The van der Waals surface area contributed by atoms with Gasteiger partial charge in [-0.2, -0.15) is 0 Å². The van der Waals surface area contributed by atoms with Crippen molar-refractivity contribution in [2.75, 3.05) is 13.2 Å². The fraction of sp³-hybridized carbons (Fsp3) is 0.368. The normalized spacial score (nSPS) is 16.5. The molecule has 6 nitrogen and oxygen atoms in total. The first kappa shape index (κ1) is 18.7. The molecule has 0 radical (unpaired) electrons. The third-order valence-corrected chi connectivity index (χ3v) is 5.73. The highest BCUT2D eigenvalue weighted by Gasteiger charge is 2.22. The minimum atomic E-state index is -3.73. The number of aliphatic hydroxyl groups excluding tert-OH is 1. The molecule has 0 bridgehead atoms. The number of ether oxygens (including phenoxy) is 2. The molecule has 1 aliphatic rings. The minimum absolute atomic E-state index is 0.114. The maximum Gasteiger partial charge on any atom is 0.240 e. The lowest BCUT2D eigenvalue weighted by Gasteiger charge is -2.18. The molecule has 2 N–H and O–H groups in total. The highest BCUT2D eigenvalue weighted by atomic mass is 32.2. The Bertz CT molecular complexity index is 838. The number of fused-ring (bicyclic) bond motifs is 1. The van der Waals surface area contributed by atoms with Crippen molar-refractivity contribution in [1.29, 1.82) is 0 Å². The van der Waals surface area contributed by atoms with E-state index in [2.05, 4.69) is 4.72 Å². The highest BCUT2D eigenvalue weighted by Crippen LogP contribution is 2.32. The van der Waals surface area contributed by atoms with Gasteiger partial charge in [0.1, 0.15) is 0 Å². The number of benzene rings is 2. The van der Waals surface area contributed by atoms with Crippen molar-refractivity contribution < 1.29 is 23.0 Å². The van der Waals surface area contributed by atoms with Crippen LogP contribution in [0.1, 0.15) is 31.4 Å². The van der Waals surface area contributed by atoms with E-state index in [4.69, 9.17) is 9.47 Å². The third-order valence-electron chi connectivity index (χ3n) is 4.15. The molecule has 0 amide bonds. The zero-order chi connectivity index (χ0) is 18.6. The van der Waals surface area contributed by atoms with Gasteiger partial charge in [0.05, 0.1) is 24.2 Å². The Labute approximate surface area is 153 Å². The molecular weight excluding hydrogens is 354 g/mol. The SMILES string of the molecule is C[C@H](C[C@H](O)c1ccccc1)NS(=O)(=O)c1ccc2c(c1)OCCCO2. The van der Waals surface area contributed by atoms with Gasteiger partial charge in [-0.15, -0.1) is 0 Å². The molecule has 0 unspecified atom stereocenters. The highest BCUT2D eigenvalue weighted by molar-refractivity contribution is 7.89. The average molecular weight is 377 g/mol. The minimum Gasteiger partial charge on any atom is -0.490 e. The van der Waals surface area contributed by atoms with E-state index >= 15 is 0 Å². The van der Waals surface area contributed by atoms with Crippen molar-refractivity contribution in [2.24, 2.45) is 0 Å². The van der Waals surface area contributed by atoms with E-state index in [1.54, 1.807) is 13.0 Å². The molecular formula is C19H23NO5S. The Morgan fingerprint density at radius 3 is 2.50 bits per heavy atom. The van der Waals surface area contributed by atoms with Gasteiger partial charge in [-0.05, 0) is 31.0 Å². The van der Waals surface area contributed by atoms with Gasteiger partial charge >= 0.3 is 0 Å². The molecule has 0 aromatic heterocycles. The van der Waals surface area contributed by atoms with Crippen LogP contribution in [-0.4, -0.2) is 32.8 Å². The Morgan fingerprint density at radius 1 is 1.08 bits per heavy atom. The van der Waals surface area contributed by atoms with Crippen LogP contribution in [0, 0.1) is 0 Å². The van der Waals surface area contributed by atoms with Crippen LogP contribution < -0.4 is 14.2 Å². The first-order valence-electron chi connectivity index (χ1n) is 8.61. The van der Waals surface area contributed by atoms with Crippen LogP contribution in [0.4, 0.5) is 0 Å². The average Bonchev–Trinajstić information content (AvgIpc) is 2.86. The standard InChI is InChI=1S/C19H23NO5S/c1-14(12-17(21)15-6-3-2-4-7-15)20-26(22,23)16-8-9-18-19(13-16)25-11-5-10-24-18/h2-4,6-9,13-14,17,20-21H,5,10-12H2,1H3/t14-,17+/m1/s1. The summed E-state index contributed by atoms with van der Waals surface area (Å²) in [6.07, 6.45) is 0.287. The molecule has 140 valence electrons. The van der Waals surface area contributed by atoms with Crippen molar-refractivity contribution in [3.8, 4) is 11.5 Å². The van der Waals surface area contributed by atoms with Crippen LogP contribution in [0.2, 0.25) is 0 Å². The molecule has 0 spiro atoms. The molecule has 0 saturated carbocycles. The second-order valence-electron chi connectivity index (χ2n) is 6.34. The summed E-state index contributed by atoms with van der Waals surface area (Å²) in [5, 5.41) is 10.3. The number of nitrogens with one attached hydrogen (secondary N) is 1. The lowest BCUT2D eigenvalue weighted by atomic mass is 10.0. The maximum atomic E-state index is 12.6. The monoisotopic (exact) mass is 377 g/mol. The van der Waals surface area contributed by atoms with Crippen LogP contribution in [-0.2, 0) is 10.0 Å². The second-order valence-corrected chi connectivity index (χ2v) is 8.06. The van der Waals surface area contributed by atoms with E-state index in [0.717, 1.165) is 12.0 Å². The van der Waals surface area contributed by atoms with Gasteiger partial charge in [0.25, 0.3) is 0 Å². The summed E-state index contributed by atoms with van der Waals surface area (Å²) in [5.74, 6) is 0.983. The first-order valence-corrected chi connectivity index (χ1v) is 10.1. The topological polar surface area (TPSA) is 84.9 Å². The van der Waals surface area contributed by atoms with E-state index in [0.29, 0.717) is 24.7 Å². The molecule has 7 heteroatoms. The molecule has 1 heterocycles. The molecule has 2 atom stereocenters. The summed E-state index contributed by atoms with van der Waals surface area (Å²) in [6.45, 7) is 2.77. The largest absolute Gasteiger partial charge is 0.490 e. The van der Waals surface area contributed by atoms with E-state index in [-0.39, 0.29) is 11.3 Å². The smallest absolute Gasteiger partial charge is 0.240 e. The van der Waals surface area contributed by atoms with Gasteiger partial charge in [0.15, 0.2) is 11.5 Å². The van der Waals surface area contributed by atoms with Crippen LogP contribution in [0.25, 0.3) is 0 Å². The van der Waals surface area contributed by atoms with Crippen molar-refractivity contribution in [3.05, 3.63) is 54.1 Å². The second kappa shape index (κ2) is 8.07. The zero-order valence-corrected chi connectivity index (χ0v) is 15.4. The van der Waals surface area contributed by atoms with E-state index in [1.807, 2.05) is 30.3 Å². The molecule has 3 rings (SSSR count).